The van der Waals surface area contributed by atoms with Gasteiger partial charge in [-0.2, -0.15) is 0 Å². The standard InChI is InChI=1S/C18H18N2O3S/c1-10-15(18(21)23-4)11(2)19-16(10)13-9-24-17(20-13)12-7-5-6-8-14(12)22-3/h5-9,19H,1-4H3. The van der Waals surface area contributed by atoms with Crippen LogP contribution in [0.25, 0.3) is 22.0 Å². The number of methoxy groups -OCH3 is 2. The van der Waals surface area contributed by atoms with Crippen molar-refractivity contribution < 1.29 is 14.3 Å². The van der Waals surface area contributed by atoms with Gasteiger partial charge in [0.05, 0.1) is 36.7 Å². The first kappa shape index (κ1) is 16.3. The van der Waals surface area contributed by atoms with Crippen molar-refractivity contribution in [1.29, 1.82) is 0 Å². The Morgan fingerprint density at radius 3 is 2.67 bits per heavy atom. The molecule has 0 bridgehead atoms. The Morgan fingerprint density at radius 2 is 1.96 bits per heavy atom. The van der Waals surface area contributed by atoms with Gasteiger partial charge in [0.1, 0.15) is 10.8 Å². The maximum absolute atomic E-state index is 11.9. The summed E-state index contributed by atoms with van der Waals surface area (Å²) in [6, 6.07) is 7.78. The van der Waals surface area contributed by atoms with Crippen LogP contribution in [0.1, 0.15) is 21.6 Å². The van der Waals surface area contributed by atoms with Crippen LogP contribution in [0, 0.1) is 13.8 Å². The number of rotatable bonds is 4. The molecule has 124 valence electrons. The molecule has 3 aromatic rings. The highest BCUT2D eigenvalue weighted by molar-refractivity contribution is 7.13. The van der Waals surface area contributed by atoms with E-state index in [1.165, 1.54) is 18.4 Å². The lowest BCUT2D eigenvalue weighted by atomic mass is 10.1. The molecule has 1 aromatic carbocycles. The van der Waals surface area contributed by atoms with E-state index in [1.54, 1.807) is 7.11 Å². The van der Waals surface area contributed by atoms with Crippen LogP contribution >= 0.6 is 11.3 Å². The number of nitrogens with one attached hydrogen (secondary N) is 1. The summed E-state index contributed by atoms with van der Waals surface area (Å²) in [5.74, 6) is 0.445. The molecule has 24 heavy (non-hydrogen) atoms. The van der Waals surface area contributed by atoms with Crippen LogP contribution in [0.4, 0.5) is 0 Å². The van der Waals surface area contributed by atoms with E-state index in [0.29, 0.717) is 5.56 Å². The molecule has 0 saturated carbocycles. The molecular formula is C18H18N2O3S. The van der Waals surface area contributed by atoms with Gasteiger partial charge in [-0.15, -0.1) is 11.3 Å². The molecule has 0 amide bonds. The number of carbonyl (C=O) groups is 1. The summed E-state index contributed by atoms with van der Waals surface area (Å²) in [7, 11) is 3.03. The molecule has 5 nitrogen and oxygen atoms in total. The normalized spacial score (nSPS) is 10.7. The fourth-order valence-electron chi connectivity index (χ4n) is 2.75. The molecule has 0 fully saturated rings. The minimum atomic E-state index is -0.340. The van der Waals surface area contributed by atoms with Crippen molar-refractivity contribution in [1.82, 2.24) is 9.97 Å². The lowest BCUT2D eigenvalue weighted by Crippen LogP contribution is -2.03. The molecule has 0 spiro atoms. The number of carbonyl (C=O) groups excluding carboxylic acids is 1. The van der Waals surface area contributed by atoms with Gasteiger partial charge in [-0.3, -0.25) is 0 Å². The number of hydrogen-bond donors (Lipinski definition) is 1. The van der Waals surface area contributed by atoms with E-state index >= 15 is 0 Å². The number of benzene rings is 1. The Balaban J connectivity index is 2.05. The Bertz CT molecular complexity index is 896. The van der Waals surface area contributed by atoms with Gasteiger partial charge in [0.25, 0.3) is 0 Å². The van der Waals surface area contributed by atoms with Gasteiger partial charge in [-0.05, 0) is 31.5 Å². The van der Waals surface area contributed by atoms with Crippen molar-refractivity contribution >= 4 is 17.3 Å². The zero-order valence-electron chi connectivity index (χ0n) is 14.0. The van der Waals surface area contributed by atoms with Crippen molar-refractivity contribution in [2.75, 3.05) is 14.2 Å². The minimum Gasteiger partial charge on any atom is -0.496 e. The van der Waals surface area contributed by atoms with Gasteiger partial charge in [-0.1, -0.05) is 12.1 Å². The average molecular weight is 342 g/mol. The summed E-state index contributed by atoms with van der Waals surface area (Å²) in [4.78, 5) is 19.9. The monoisotopic (exact) mass is 342 g/mol. The maximum atomic E-state index is 11.9. The fourth-order valence-corrected chi connectivity index (χ4v) is 3.59. The predicted molar refractivity (Wildman–Crippen MR) is 94.7 cm³/mol. The number of ether oxygens (including phenoxy) is 2. The second kappa shape index (κ2) is 6.49. The number of nitrogens with zero attached hydrogens (tertiary/aromatic N) is 1. The number of hydrogen-bond acceptors (Lipinski definition) is 5. The van der Waals surface area contributed by atoms with Crippen LogP contribution in [0.15, 0.2) is 29.6 Å². The fraction of sp³-hybridized carbons (Fsp3) is 0.222. The molecule has 0 saturated heterocycles. The summed E-state index contributed by atoms with van der Waals surface area (Å²) >= 11 is 1.54. The van der Waals surface area contributed by atoms with E-state index in [2.05, 4.69) is 4.98 Å². The van der Waals surface area contributed by atoms with Crippen molar-refractivity contribution in [2.45, 2.75) is 13.8 Å². The summed E-state index contributed by atoms with van der Waals surface area (Å²) in [6.07, 6.45) is 0. The Labute approximate surface area is 144 Å². The maximum Gasteiger partial charge on any atom is 0.339 e. The van der Waals surface area contributed by atoms with Crippen LogP contribution < -0.4 is 4.74 Å². The van der Waals surface area contributed by atoms with Crippen LogP contribution in [0.5, 0.6) is 5.75 Å². The lowest BCUT2D eigenvalue weighted by molar-refractivity contribution is 0.0599. The molecule has 2 aromatic heterocycles. The van der Waals surface area contributed by atoms with Gasteiger partial charge < -0.3 is 14.5 Å². The molecule has 0 atom stereocenters. The number of thiazole rings is 1. The molecule has 0 aliphatic carbocycles. The van der Waals surface area contributed by atoms with Crippen LogP contribution in [-0.2, 0) is 4.74 Å². The zero-order valence-corrected chi connectivity index (χ0v) is 14.8. The molecule has 0 radical (unpaired) electrons. The number of aromatic nitrogens is 2. The Hall–Kier alpha value is -2.60. The molecular weight excluding hydrogens is 324 g/mol. The third-order valence-electron chi connectivity index (χ3n) is 3.92. The van der Waals surface area contributed by atoms with Crippen molar-refractivity contribution in [3.8, 4) is 27.7 Å². The molecule has 1 N–H and O–H groups in total. The summed E-state index contributed by atoms with van der Waals surface area (Å²) in [5, 5.41) is 2.84. The molecule has 6 heteroatoms. The smallest absolute Gasteiger partial charge is 0.339 e. The first-order chi connectivity index (χ1) is 11.6. The highest BCUT2D eigenvalue weighted by atomic mass is 32.1. The molecule has 2 heterocycles. The van der Waals surface area contributed by atoms with E-state index in [1.807, 2.05) is 43.5 Å². The topological polar surface area (TPSA) is 64.2 Å². The molecule has 0 aliphatic heterocycles. The second-order valence-electron chi connectivity index (χ2n) is 5.35. The van der Waals surface area contributed by atoms with Crippen molar-refractivity contribution in [3.05, 3.63) is 46.5 Å². The first-order valence-corrected chi connectivity index (χ1v) is 8.31. The number of esters is 1. The van der Waals surface area contributed by atoms with E-state index in [9.17, 15) is 4.79 Å². The quantitative estimate of drug-likeness (QED) is 0.721. The third-order valence-corrected chi connectivity index (χ3v) is 4.80. The number of aromatic amines is 1. The second-order valence-corrected chi connectivity index (χ2v) is 6.21. The van der Waals surface area contributed by atoms with Gasteiger partial charge >= 0.3 is 5.97 Å². The summed E-state index contributed by atoms with van der Waals surface area (Å²) in [6.45, 7) is 3.75. The van der Waals surface area contributed by atoms with Crippen molar-refractivity contribution in [3.63, 3.8) is 0 Å². The Morgan fingerprint density at radius 1 is 1.21 bits per heavy atom. The Kier molecular flexibility index (Phi) is 4.40. The van der Waals surface area contributed by atoms with Gasteiger partial charge in [0, 0.05) is 11.1 Å². The van der Waals surface area contributed by atoms with Crippen LogP contribution in [0.3, 0.4) is 0 Å². The zero-order chi connectivity index (χ0) is 17.3. The summed E-state index contributed by atoms with van der Waals surface area (Å²) in [5.41, 5.74) is 4.78. The third kappa shape index (κ3) is 2.69. The number of para-hydroxylation sites is 1. The largest absolute Gasteiger partial charge is 0.496 e. The minimum absolute atomic E-state index is 0.340. The molecule has 3 rings (SSSR count). The lowest BCUT2D eigenvalue weighted by Gasteiger charge is -2.04. The van der Waals surface area contributed by atoms with Gasteiger partial charge in [0.15, 0.2) is 0 Å². The van der Waals surface area contributed by atoms with E-state index in [-0.39, 0.29) is 5.97 Å². The SMILES string of the molecule is COC(=O)c1c(C)[nH]c(-c2csc(-c3ccccc3OC)n2)c1C. The van der Waals surface area contributed by atoms with E-state index in [0.717, 1.165) is 39.0 Å². The summed E-state index contributed by atoms with van der Waals surface area (Å²) < 4.78 is 10.3. The van der Waals surface area contributed by atoms with E-state index < -0.39 is 0 Å². The average Bonchev–Trinajstić information content (AvgIpc) is 3.19. The first-order valence-electron chi connectivity index (χ1n) is 7.43. The predicted octanol–water partition coefficient (Wildman–Crippen LogP) is 4.22. The number of aryl methyl sites for hydroxylation is 1. The molecule has 0 aliphatic rings. The highest BCUT2D eigenvalue weighted by Gasteiger charge is 2.21. The van der Waals surface area contributed by atoms with Crippen LogP contribution in [0.2, 0.25) is 0 Å². The van der Waals surface area contributed by atoms with Gasteiger partial charge in [0.2, 0.25) is 0 Å². The van der Waals surface area contributed by atoms with Crippen LogP contribution in [-0.4, -0.2) is 30.2 Å². The number of H-pyrrole nitrogens is 1. The van der Waals surface area contributed by atoms with E-state index in [4.69, 9.17) is 14.5 Å². The highest BCUT2D eigenvalue weighted by Crippen LogP contribution is 2.35. The van der Waals surface area contributed by atoms with Crippen molar-refractivity contribution in [2.24, 2.45) is 0 Å². The molecule has 0 unspecified atom stereocenters. The van der Waals surface area contributed by atoms with Gasteiger partial charge in [-0.25, -0.2) is 9.78 Å².